The van der Waals surface area contributed by atoms with Crippen LogP contribution in [0.2, 0.25) is 5.02 Å². The molecule has 4 heterocycles. The van der Waals surface area contributed by atoms with E-state index < -0.39 is 125 Å². The van der Waals surface area contributed by atoms with E-state index in [-0.39, 0.29) is 123 Å². The van der Waals surface area contributed by atoms with E-state index in [9.17, 15) is 58.2 Å². The number of rotatable bonds is 27. The summed E-state index contributed by atoms with van der Waals surface area (Å²) in [7, 11) is 5.72. The average Bonchev–Trinajstić information content (AvgIpc) is 1.53. The molecule has 4 fully saturated rings. The Hall–Kier alpha value is -8.24. The molecule has 10 N–H and O–H groups in total. The molecule has 0 spiro atoms. The van der Waals surface area contributed by atoms with Crippen molar-refractivity contribution >= 4 is 105 Å². The lowest BCUT2D eigenvalue weighted by Gasteiger charge is -2.43. The summed E-state index contributed by atoms with van der Waals surface area (Å²) in [6.07, 6.45) is 0.120. The highest BCUT2D eigenvalue weighted by Crippen LogP contribution is 2.65. The number of halogens is 1. The van der Waals surface area contributed by atoms with Crippen molar-refractivity contribution in [2.45, 2.75) is 147 Å². The van der Waals surface area contributed by atoms with Crippen molar-refractivity contribution in [1.82, 2.24) is 36.5 Å². The number of aliphatic hydroxyl groups is 2. The Labute approximate surface area is 591 Å². The zero-order chi connectivity index (χ0) is 73.4. The topological polar surface area (TPSA) is 396 Å². The SMILES string of the molecule is COc1cc2cc(c1Cl)N(C)C(=O)C[C@H](OC(=O)[C@H](C)N(C)C(=O)c1ccc(NC(=O)[C@H](CCCNC(N)=O)NC(=O)[C@@H](NC(=S)NCCOCCOCCC(=O)ON3C(=O)CCC3=O)C(C)C)c(N3CCOCC3)c1)[C@]1(C)C[C@@]1(O)[C@H](C)[C@@H]1C[C@@](O)(NC(=O)O1)[C@H](OC)/C=C/C=C(\C)C2. The van der Waals surface area contributed by atoms with E-state index in [0.717, 1.165) is 16.0 Å². The molecule has 3 saturated heterocycles. The molecule has 0 unspecified atom stereocenters. The number of hydrogen-bond donors (Lipinski definition) is 9. The van der Waals surface area contributed by atoms with Crippen molar-refractivity contribution < 1.29 is 96.2 Å². The van der Waals surface area contributed by atoms with E-state index >= 15 is 0 Å². The van der Waals surface area contributed by atoms with E-state index in [0.29, 0.717) is 43.5 Å². The van der Waals surface area contributed by atoms with Crippen LogP contribution in [0.1, 0.15) is 109 Å². The number of thiocarbonyl (C=S) groups is 1. The molecule has 2 aromatic carbocycles. The largest absolute Gasteiger partial charge is 0.495 e. The first kappa shape index (κ1) is 79.1. The van der Waals surface area contributed by atoms with E-state index in [1.807, 2.05) is 11.8 Å². The molecule has 31 nitrogen and oxygen atoms in total. The number of nitrogens with one attached hydrogen (secondary N) is 6. The molecule has 4 aliphatic heterocycles. The number of imide groups is 1. The van der Waals surface area contributed by atoms with Crippen molar-refractivity contribution in [3.63, 3.8) is 0 Å². The fraction of sp³-hybridized carbons (Fsp3) is 0.597. The summed E-state index contributed by atoms with van der Waals surface area (Å²) in [4.78, 5) is 142. The highest BCUT2D eigenvalue weighted by molar-refractivity contribution is 7.80. The van der Waals surface area contributed by atoms with Crippen molar-refractivity contribution in [3.8, 4) is 5.75 Å². The Morgan fingerprint density at radius 3 is 2.26 bits per heavy atom. The monoisotopic (exact) mass is 1440 g/mol. The molecule has 5 aliphatic rings. The molecule has 1 saturated carbocycles. The smallest absolute Gasteiger partial charge is 0.409 e. The van der Waals surface area contributed by atoms with Crippen LogP contribution in [0.3, 0.4) is 0 Å². The fourth-order valence-corrected chi connectivity index (χ4v) is 12.9. The van der Waals surface area contributed by atoms with Crippen LogP contribution in [0.25, 0.3) is 0 Å². The van der Waals surface area contributed by atoms with Gasteiger partial charge in [0.25, 0.3) is 17.7 Å². The van der Waals surface area contributed by atoms with Crippen LogP contribution in [0.4, 0.5) is 26.7 Å². The molecule has 0 aromatic heterocycles. The zero-order valence-corrected chi connectivity index (χ0v) is 59.6. The number of likely N-dealkylation sites (N-methyl/N-ethyl adjacent to an activating group) is 1. The first-order valence-corrected chi connectivity index (χ1v) is 33.9. The maximum Gasteiger partial charge on any atom is 0.409 e. The van der Waals surface area contributed by atoms with Gasteiger partial charge in [0.15, 0.2) is 10.8 Å². The Kier molecular flexibility index (Phi) is 28.0. The quantitative estimate of drug-likeness (QED) is 0.0269. The van der Waals surface area contributed by atoms with Crippen molar-refractivity contribution in [2.75, 3.05) is 109 Å². The van der Waals surface area contributed by atoms with E-state index in [1.54, 1.807) is 64.1 Å². The van der Waals surface area contributed by atoms with Crippen molar-refractivity contribution in [3.05, 3.63) is 70.3 Å². The second kappa shape index (κ2) is 35.4. The molecular weight excluding hydrogens is 1350 g/mol. The number of primary amides is 1. The van der Waals surface area contributed by atoms with Crippen molar-refractivity contribution in [2.24, 2.45) is 23.0 Å². The number of amides is 9. The molecule has 10 atom stereocenters. The standard InChI is InChI=1S/C67H94ClN11O20S/c1-38(2)57(74-63(100)71-22-26-95-30-29-94-25-20-55(83)99-79-52(80)18-19-53(79)81)59(85)73-45(14-12-21-70-62(69)88)58(84)72-44-17-16-43(34-46(44)78-23-27-96-28-24-78)60(86)76(7)41(5)61(87)98-51-35-54(82)77(8)47-32-42(33-48(92-9)56(47)68)31-39(3)13-11-15-50(93-10)67(91)36-49(97-64(89)75-67)40(4)66(90)37-65(51,66)6/h11,13,15-17,32-34,38,40-41,45,49-51,57,90-91H,12,14,18-31,35-37H2,1-10H3,(H,72,84)(H,73,85)(H,75,89)(H3,69,70,88)(H2,71,74,100)/b15-11+,39-13+/t40-,41+,45+,49+,50-,51+,57+,65+,66-,67+/m1/s1. The minimum absolute atomic E-state index is 0.0170. The lowest BCUT2D eigenvalue weighted by molar-refractivity contribution is -0.198. The molecule has 7 rings (SSSR count). The van der Waals surface area contributed by atoms with Crippen LogP contribution >= 0.6 is 23.8 Å². The highest BCUT2D eigenvalue weighted by Gasteiger charge is 2.73. The minimum Gasteiger partial charge on any atom is -0.495 e. The zero-order valence-electron chi connectivity index (χ0n) is 58.1. The Bertz CT molecular complexity index is 3410. The second-order valence-corrected chi connectivity index (χ2v) is 26.8. The maximum absolute atomic E-state index is 14.8. The number of benzene rings is 2. The number of allylic oxidation sites excluding steroid dienone is 3. The van der Waals surface area contributed by atoms with Gasteiger partial charge in [-0.2, -0.15) is 0 Å². The van der Waals surface area contributed by atoms with Crippen LogP contribution in [0, 0.1) is 17.3 Å². The van der Waals surface area contributed by atoms with E-state index in [1.165, 1.54) is 52.3 Å². The number of fused-ring (bicyclic) bond motifs is 5. The lowest BCUT2D eigenvalue weighted by Crippen LogP contribution is -2.64. The molecule has 100 heavy (non-hydrogen) atoms. The number of hydroxylamine groups is 2. The summed E-state index contributed by atoms with van der Waals surface area (Å²) in [5.74, 6) is -6.35. The number of carbonyl (C=O) groups is 10. The first-order valence-electron chi connectivity index (χ1n) is 33.1. The third-order valence-electron chi connectivity index (χ3n) is 18.6. The number of carbonyl (C=O) groups excluding carboxylic acids is 10. The van der Waals surface area contributed by atoms with Crippen LogP contribution in [0.15, 0.2) is 54.1 Å². The van der Waals surface area contributed by atoms with E-state index in [2.05, 4.69) is 31.9 Å². The van der Waals surface area contributed by atoms with Crippen LogP contribution in [-0.4, -0.2) is 227 Å². The predicted octanol–water partition coefficient (Wildman–Crippen LogP) is 3.04. The summed E-state index contributed by atoms with van der Waals surface area (Å²) in [5, 5.41) is 42.2. The molecule has 4 bridgehead atoms. The Morgan fingerprint density at radius 2 is 1.60 bits per heavy atom. The predicted molar refractivity (Wildman–Crippen MR) is 367 cm³/mol. The van der Waals surface area contributed by atoms with Gasteiger partial charge < -0.3 is 95.2 Å². The number of esters is 1. The van der Waals surface area contributed by atoms with Crippen molar-refractivity contribution in [1.29, 1.82) is 0 Å². The fourth-order valence-electron chi connectivity index (χ4n) is 12.3. The normalized spacial score (nSPS) is 24.9. The molecule has 33 heteroatoms. The number of ether oxygens (including phenoxy) is 7. The Morgan fingerprint density at radius 1 is 0.910 bits per heavy atom. The van der Waals surface area contributed by atoms with Crippen LogP contribution in [0.5, 0.6) is 5.75 Å². The molecule has 9 amide bonds. The summed E-state index contributed by atoms with van der Waals surface area (Å²) in [6, 6.07) is 3.75. The van der Waals surface area contributed by atoms with Crippen LogP contribution in [-0.2, 0) is 73.2 Å². The first-order chi connectivity index (χ1) is 47.3. The average molecular weight is 1440 g/mol. The molecule has 0 radical (unpaired) electrons. The number of methoxy groups -OCH3 is 2. The van der Waals surface area contributed by atoms with Crippen LogP contribution < -0.4 is 52.2 Å². The number of hydrogen-bond acceptors (Lipinski definition) is 22. The number of alkyl carbamates (subject to hydrolysis) is 1. The Balaban J connectivity index is 1.05. The molecule has 2 aromatic rings. The third kappa shape index (κ3) is 20.1. The molecular formula is C67H94ClN11O20S. The number of morpholine rings is 1. The number of nitrogens with zero attached hydrogens (tertiary/aromatic N) is 4. The summed E-state index contributed by atoms with van der Waals surface area (Å²) in [5.41, 5.74) is 2.77. The van der Waals surface area contributed by atoms with Gasteiger partial charge in [-0.3, -0.25) is 34.1 Å². The second-order valence-electron chi connectivity index (χ2n) is 26.0. The van der Waals surface area contributed by atoms with Gasteiger partial charge in [-0.05, 0) is 93.6 Å². The minimum atomic E-state index is -2.00. The number of anilines is 3. The van der Waals surface area contributed by atoms with Gasteiger partial charge in [0.05, 0.1) is 82.3 Å². The summed E-state index contributed by atoms with van der Waals surface area (Å²) in [6.45, 7) is 12.2. The lowest BCUT2D eigenvalue weighted by atomic mass is 9.81. The highest BCUT2D eigenvalue weighted by atomic mass is 35.5. The van der Waals surface area contributed by atoms with Gasteiger partial charge in [0.2, 0.25) is 17.7 Å². The molecule has 1 aliphatic carbocycles. The maximum atomic E-state index is 14.8. The van der Waals surface area contributed by atoms with Gasteiger partial charge in [0, 0.05) is 83.5 Å². The summed E-state index contributed by atoms with van der Waals surface area (Å²) < 4.78 is 40.1. The van der Waals surface area contributed by atoms with Gasteiger partial charge in [-0.25, -0.2) is 19.2 Å². The summed E-state index contributed by atoms with van der Waals surface area (Å²) >= 11 is 12.4. The molecule has 550 valence electrons. The van der Waals surface area contributed by atoms with Gasteiger partial charge in [0.1, 0.15) is 47.2 Å². The third-order valence-corrected chi connectivity index (χ3v) is 19.3. The number of nitrogens with two attached hydrogens (primary N) is 1. The number of urea groups is 1. The van der Waals surface area contributed by atoms with E-state index in [4.69, 9.17) is 67.5 Å². The van der Waals surface area contributed by atoms with Gasteiger partial charge in [-0.1, -0.05) is 63.1 Å². The van der Waals surface area contributed by atoms with Gasteiger partial charge in [-0.15, -0.1) is 5.06 Å². The van der Waals surface area contributed by atoms with Gasteiger partial charge >= 0.3 is 24.1 Å².